The number of halogens is 1. The van der Waals surface area contributed by atoms with Crippen molar-refractivity contribution in [3.63, 3.8) is 0 Å². The predicted molar refractivity (Wildman–Crippen MR) is 76.9 cm³/mol. The molecular formula is C13H16ClN3O2S. The zero-order chi connectivity index (χ0) is 14.6. The van der Waals surface area contributed by atoms with Crippen molar-refractivity contribution in [2.75, 3.05) is 19.6 Å². The molecule has 0 amide bonds. The number of hydrogen-bond donors (Lipinski definition) is 2. The van der Waals surface area contributed by atoms with Crippen molar-refractivity contribution in [2.24, 2.45) is 5.92 Å². The van der Waals surface area contributed by atoms with Crippen LogP contribution in [-0.2, 0) is 10.0 Å². The molecule has 0 unspecified atom stereocenters. The van der Waals surface area contributed by atoms with Crippen molar-refractivity contribution in [3.05, 3.63) is 28.8 Å². The van der Waals surface area contributed by atoms with E-state index in [2.05, 4.69) is 10.0 Å². The van der Waals surface area contributed by atoms with Crippen LogP contribution >= 0.6 is 11.6 Å². The number of piperidine rings is 1. The Bertz CT molecular complexity index is 619. The Kier molecular flexibility index (Phi) is 5.00. The highest BCUT2D eigenvalue weighted by Crippen LogP contribution is 2.20. The summed E-state index contributed by atoms with van der Waals surface area (Å²) >= 11 is 5.86. The SMILES string of the molecule is N#Cc1ccc(S(=O)(=O)NCC2CCNCC2)cc1Cl. The summed E-state index contributed by atoms with van der Waals surface area (Å²) in [6.45, 7) is 2.28. The van der Waals surface area contributed by atoms with Gasteiger partial charge in [-0.3, -0.25) is 0 Å². The minimum atomic E-state index is -3.57. The molecule has 1 fully saturated rings. The Hall–Kier alpha value is -1.13. The Morgan fingerprint density at radius 2 is 2.10 bits per heavy atom. The zero-order valence-electron chi connectivity index (χ0n) is 10.9. The van der Waals surface area contributed by atoms with E-state index in [4.69, 9.17) is 16.9 Å². The fraction of sp³-hybridized carbons (Fsp3) is 0.462. The van der Waals surface area contributed by atoms with Crippen LogP contribution in [0.4, 0.5) is 0 Å². The monoisotopic (exact) mass is 313 g/mol. The molecule has 1 heterocycles. The van der Waals surface area contributed by atoms with Crippen LogP contribution in [0, 0.1) is 17.2 Å². The van der Waals surface area contributed by atoms with Gasteiger partial charge in [0.05, 0.1) is 15.5 Å². The summed E-state index contributed by atoms with van der Waals surface area (Å²) in [6.07, 6.45) is 1.94. The third-order valence-electron chi connectivity index (χ3n) is 3.39. The lowest BCUT2D eigenvalue weighted by Crippen LogP contribution is -2.35. The molecule has 20 heavy (non-hydrogen) atoms. The molecule has 7 heteroatoms. The highest BCUT2D eigenvalue weighted by molar-refractivity contribution is 7.89. The topological polar surface area (TPSA) is 82.0 Å². The van der Waals surface area contributed by atoms with Gasteiger partial charge in [0.25, 0.3) is 0 Å². The third-order valence-corrected chi connectivity index (χ3v) is 5.13. The van der Waals surface area contributed by atoms with Gasteiger partial charge in [-0.2, -0.15) is 5.26 Å². The van der Waals surface area contributed by atoms with E-state index in [1.807, 2.05) is 6.07 Å². The molecule has 1 aromatic carbocycles. The van der Waals surface area contributed by atoms with Crippen LogP contribution in [-0.4, -0.2) is 28.1 Å². The van der Waals surface area contributed by atoms with Crippen molar-refractivity contribution in [1.82, 2.24) is 10.0 Å². The summed E-state index contributed by atoms with van der Waals surface area (Å²) in [7, 11) is -3.57. The Morgan fingerprint density at radius 1 is 1.40 bits per heavy atom. The van der Waals surface area contributed by atoms with Crippen molar-refractivity contribution in [2.45, 2.75) is 17.7 Å². The number of nitriles is 1. The molecule has 1 aromatic rings. The second-order valence-electron chi connectivity index (χ2n) is 4.80. The van der Waals surface area contributed by atoms with Crippen LogP contribution in [0.15, 0.2) is 23.1 Å². The van der Waals surface area contributed by atoms with Crippen LogP contribution in [0.25, 0.3) is 0 Å². The fourth-order valence-electron chi connectivity index (χ4n) is 2.15. The largest absolute Gasteiger partial charge is 0.317 e. The lowest BCUT2D eigenvalue weighted by atomic mass is 9.99. The van der Waals surface area contributed by atoms with E-state index in [1.54, 1.807) is 0 Å². The van der Waals surface area contributed by atoms with Crippen LogP contribution in [0.3, 0.4) is 0 Å². The van der Waals surface area contributed by atoms with E-state index in [0.29, 0.717) is 12.5 Å². The summed E-state index contributed by atoms with van der Waals surface area (Å²) < 4.78 is 26.9. The standard InChI is InChI=1S/C13H16ClN3O2S/c14-13-7-12(2-1-11(13)8-15)20(18,19)17-9-10-3-5-16-6-4-10/h1-2,7,10,16-17H,3-6,9H2. The van der Waals surface area contributed by atoms with Gasteiger partial charge in [0.2, 0.25) is 10.0 Å². The average molecular weight is 314 g/mol. The van der Waals surface area contributed by atoms with Gasteiger partial charge in [-0.15, -0.1) is 0 Å². The number of hydrogen-bond acceptors (Lipinski definition) is 4. The molecular weight excluding hydrogens is 298 g/mol. The van der Waals surface area contributed by atoms with Crippen molar-refractivity contribution >= 4 is 21.6 Å². The molecule has 0 saturated carbocycles. The number of benzene rings is 1. The van der Waals surface area contributed by atoms with Gasteiger partial charge in [0.15, 0.2) is 0 Å². The molecule has 1 aliphatic rings. The molecule has 0 aromatic heterocycles. The van der Waals surface area contributed by atoms with Crippen LogP contribution in [0.1, 0.15) is 18.4 Å². The summed E-state index contributed by atoms with van der Waals surface area (Å²) in [6, 6.07) is 6.03. The highest BCUT2D eigenvalue weighted by Gasteiger charge is 2.19. The second-order valence-corrected chi connectivity index (χ2v) is 6.97. The van der Waals surface area contributed by atoms with Gasteiger partial charge in [0, 0.05) is 6.54 Å². The molecule has 0 atom stereocenters. The average Bonchev–Trinajstić information content (AvgIpc) is 2.46. The Morgan fingerprint density at radius 3 is 2.70 bits per heavy atom. The van der Waals surface area contributed by atoms with Gasteiger partial charge in [-0.25, -0.2) is 13.1 Å². The van der Waals surface area contributed by atoms with Gasteiger partial charge < -0.3 is 5.32 Å². The molecule has 0 aliphatic carbocycles. The van der Waals surface area contributed by atoms with E-state index in [9.17, 15) is 8.42 Å². The Labute approximate surface area is 124 Å². The highest BCUT2D eigenvalue weighted by atomic mass is 35.5. The molecule has 1 saturated heterocycles. The Balaban J connectivity index is 2.06. The summed E-state index contributed by atoms with van der Waals surface area (Å²) in [5.41, 5.74) is 0.268. The molecule has 0 bridgehead atoms. The first-order valence-corrected chi connectivity index (χ1v) is 8.29. The predicted octanol–water partition coefficient (Wildman–Crippen LogP) is 1.49. The van der Waals surface area contributed by atoms with E-state index in [1.165, 1.54) is 18.2 Å². The quantitative estimate of drug-likeness (QED) is 0.882. The maximum absolute atomic E-state index is 12.2. The molecule has 1 aliphatic heterocycles. The maximum atomic E-state index is 12.2. The molecule has 2 rings (SSSR count). The van der Waals surface area contributed by atoms with Gasteiger partial charge in [0.1, 0.15) is 6.07 Å². The van der Waals surface area contributed by atoms with Gasteiger partial charge in [-0.1, -0.05) is 11.6 Å². The van der Waals surface area contributed by atoms with Crippen molar-refractivity contribution in [1.29, 1.82) is 5.26 Å². The van der Waals surface area contributed by atoms with Crippen LogP contribution in [0.5, 0.6) is 0 Å². The minimum Gasteiger partial charge on any atom is -0.317 e. The van der Waals surface area contributed by atoms with Crippen LogP contribution < -0.4 is 10.0 Å². The van der Waals surface area contributed by atoms with E-state index in [0.717, 1.165) is 25.9 Å². The van der Waals surface area contributed by atoms with E-state index < -0.39 is 10.0 Å². The molecule has 0 spiro atoms. The van der Waals surface area contributed by atoms with Crippen LogP contribution in [0.2, 0.25) is 5.02 Å². The third kappa shape index (κ3) is 3.70. The molecule has 2 N–H and O–H groups in total. The molecule has 108 valence electrons. The molecule has 5 nitrogen and oxygen atoms in total. The number of sulfonamides is 1. The first-order valence-electron chi connectivity index (χ1n) is 6.43. The van der Waals surface area contributed by atoms with E-state index >= 15 is 0 Å². The first kappa shape index (κ1) is 15.3. The smallest absolute Gasteiger partial charge is 0.240 e. The van der Waals surface area contributed by atoms with Crippen molar-refractivity contribution in [3.8, 4) is 6.07 Å². The number of nitrogens with one attached hydrogen (secondary N) is 2. The lowest BCUT2D eigenvalue weighted by Gasteiger charge is -2.22. The summed E-state index contributed by atoms with van der Waals surface area (Å²) in [5.74, 6) is 0.361. The lowest BCUT2D eigenvalue weighted by molar-refractivity contribution is 0.372. The van der Waals surface area contributed by atoms with E-state index in [-0.39, 0.29) is 15.5 Å². The second kappa shape index (κ2) is 6.55. The maximum Gasteiger partial charge on any atom is 0.240 e. The number of rotatable bonds is 4. The van der Waals surface area contributed by atoms with Gasteiger partial charge in [-0.05, 0) is 50.0 Å². The summed E-state index contributed by atoms with van der Waals surface area (Å²) in [5, 5.41) is 12.2. The van der Waals surface area contributed by atoms with Gasteiger partial charge >= 0.3 is 0 Å². The fourth-order valence-corrected chi connectivity index (χ4v) is 3.58. The molecule has 0 radical (unpaired) electrons. The zero-order valence-corrected chi connectivity index (χ0v) is 12.5. The normalized spacial score (nSPS) is 16.8. The van der Waals surface area contributed by atoms with Crippen molar-refractivity contribution < 1.29 is 8.42 Å². The summed E-state index contributed by atoms with van der Waals surface area (Å²) in [4.78, 5) is 0.0930. The minimum absolute atomic E-state index is 0.0930. The number of nitrogens with zero attached hydrogens (tertiary/aromatic N) is 1. The first-order chi connectivity index (χ1) is 9.53.